The summed E-state index contributed by atoms with van der Waals surface area (Å²) < 4.78 is 0. The first-order valence-electron chi connectivity index (χ1n) is 5.75. The number of allylic oxidation sites excluding steroid dienone is 6. The standard InChI is InChI=1S/C15H23NS/c1-7-11-14(12(5)8-2)16(6)13(9-3)15(17)10-4/h7-11,17H,2H2,1,3-6H3/b11-7-,13-9+,14-12+,15-10+. The minimum absolute atomic E-state index is 0.967. The van der Waals surface area contributed by atoms with E-state index < -0.39 is 0 Å². The van der Waals surface area contributed by atoms with Gasteiger partial charge in [-0.15, -0.1) is 12.6 Å². The predicted molar refractivity (Wildman–Crippen MR) is 82.0 cm³/mol. The normalized spacial score (nSPS) is 14.9. The fourth-order valence-electron chi connectivity index (χ4n) is 1.56. The highest BCUT2D eigenvalue weighted by Crippen LogP contribution is 2.24. The SMILES string of the molecule is C=C/C(C)=C(\C=C/C)N(C)C(=C/C)/C(S)=C\C. The van der Waals surface area contributed by atoms with Crippen LogP contribution in [0.2, 0.25) is 0 Å². The molecule has 0 unspecified atom stereocenters. The predicted octanol–water partition coefficient (Wildman–Crippen LogP) is 4.69. The first-order valence-corrected chi connectivity index (χ1v) is 6.19. The second-order valence-corrected chi connectivity index (χ2v) is 4.16. The molecular formula is C15H23NS. The molecule has 0 aliphatic heterocycles. The van der Waals surface area contributed by atoms with Crippen LogP contribution < -0.4 is 0 Å². The Morgan fingerprint density at radius 2 is 1.76 bits per heavy atom. The number of hydrogen-bond acceptors (Lipinski definition) is 2. The molecule has 0 heterocycles. The Morgan fingerprint density at radius 1 is 1.18 bits per heavy atom. The Hall–Kier alpha value is -1.15. The first kappa shape index (κ1) is 15.9. The van der Waals surface area contributed by atoms with Gasteiger partial charge in [-0.05, 0) is 39.3 Å². The number of thiol groups is 1. The van der Waals surface area contributed by atoms with Gasteiger partial charge in [0.15, 0.2) is 0 Å². The maximum atomic E-state index is 4.48. The molecule has 0 spiro atoms. The summed E-state index contributed by atoms with van der Waals surface area (Å²) in [6, 6.07) is 0. The highest BCUT2D eigenvalue weighted by molar-refractivity contribution is 7.84. The minimum Gasteiger partial charge on any atom is -0.344 e. The second-order valence-electron chi connectivity index (χ2n) is 3.68. The maximum Gasteiger partial charge on any atom is 0.0497 e. The summed E-state index contributed by atoms with van der Waals surface area (Å²) in [5, 5.41) is 0. The third kappa shape index (κ3) is 4.31. The first-order chi connectivity index (χ1) is 8.03. The number of likely N-dealkylation sites (N-methyl/N-ethyl adjacent to an activating group) is 1. The average Bonchev–Trinajstić information content (AvgIpc) is 2.35. The molecule has 0 atom stereocenters. The fourth-order valence-corrected chi connectivity index (χ4v) is 1.84. The van der Waals surface area contributed by atoms with Gasteiger partial charge in [-0.3, -0.25) is 0 Å². The van der Waals surface area contributed by atoms with Crippen LogP contribution in [-0.2, 0) is 0 Å². The molecule has 17 heavy (non-hydrogen) atoms. The largest absolute Gasteiger partial charge is 0.344 e. The Kier molecular flexibility index (Phi) is 7.47. The summed E-state index contributed by atoms with van der Waals surface area (Å²) in [5.41, 5.74) is 3.36. The summed E-state index contributed by atoms with van der Waals surface area (Å²) in [7, 11) is 2.04. The van der Waals surface area contributed by atoms with Crippen LogP contribution in [0.5, 0.6) is 0 Å². The summed E-state index contributed by atoms with van der Waals surface area (Å²) in [4.78, 5) is 3.09. The van der Waals surface area contributed by atoms with Gasteiger partial charge in [-0.25, -0.2) is 0 Å². The van der Waals surface area contributed by atoms with E-state index in [4.69, 9.17) is 0 Å². The van der Waals surface area contributed by atoms with Crippen LogP contribution in [0.15, 0.2) is 58.8 Å². The van der Waals surface area contributed by atoms with Crippen molar-refractivity contribution in [2.45, 2.75) is 27.7 Å². The van der Waals surface area contributed by atoms with Crippen molar-refractivity contribution in [1.29, 1.82) is 0 Å². The van der Waals surface area contributed by atoms with Crippen LogP contribution in [0.3, 0.4) is 0 Å². The number of hydrogen-bond donors (Lipinski definition) is 1. The molecule has 1 nitrogen and oxygen atoms in total. The molecule has 0 rings (SSSR count). The van der Waals surface area contributed by atoms with Crippen LogP contribution in [0.1, 0.15) is 27.7 Å². The molecule has 0 saturated carbocycles. The third-order valence-corrected chi connectivity index (χ3v) is 3.05. The Labute approximate surface area is 111 Å². The molecule has 0 fully saturated rings. The second kappa shape index (κ2) is 8.02. The summed E-state index contributed by atoms with van der Waals surface area (Å²) in [6.07, 6.45) is 10.0. The van der Waals surface area contributed by atoms with E-state index in [1.54, 1.807) is 0 Å². The average molecular weight is 249 g/mol. The van der Waals surface area contributed by atoms with E-state index >= 15 is 0 Å². The van der Waals surface area contributed by atoms with Crippen LogP contribution in [0, 0.1) is 0 Å². The van der Waals surface area contributed by atoms with E-state index in [2.05, 4.69) is 43.2 Å². The molecule has 0 amide bonds. The van der Waals surface area contributed by atoms with Gasteiger partial charge in [0, 0.05) is 23.3 Å². The molecule has 0 aliphatic rings. The van der Waals surface area contributed by atoms with Gasteiger partial charge in [0.25, 0.3) is 0 Å². The molecule has 0 aliphatic carbocycles. The zero-order valence-corrected chi connectivity index (χ0v) is 12.4. The molecule has 0 radical (unpaired) electrons. The zero-order chi connectivity index (χ0) is 13.4. The summed E-state index contributed by atoms with van der Waals surface area (Å²) in [6.45, 7) is 11.9. The fraction of sp³-hybridized carbons (Fsp3) is 0.333. The zero-order valence-electron chi connectivity index (χ0n) is 11.5. The van der Waals surface area contributed by atoms with Crippen LogP contribution in [0.25, 0.3) is 0 Å². The molecule has 0 aromatic heterocycles. The van der Waals surface area contributed by atoms with Crippen molar-refractivity contribution in [3.8, 4) is 0 Å². The van der Waals surface area contributed by atoms with Crippen LogP contribution in [0.4, 0.5) is 0 Å². The van der Waals surface area contributed by atoms with Gasteiger partial charge in [-0.2, -0.15) is 0 Å². The third-order valence-electron chi connectivity index (χ3n) is 2.57. The van der Waals surface area contributed by atoms with Crippen molar-refractivity contribution in [1.82, 2.24) is 4.90 Å². The lowest BCUT2D eigenvalue weighted by molar-refractivity contribution is 0.545. The van der Waals surface area contributed by atoms with Crippen molar-refractivity contribution in [2.75, 3.05) is 7.05 Å². The van der Waals surface area contributed by atoms with Gasteiger partial charge >= 0.3 is 0 Å². The van der Waals surface area contributed by atoms with Crippen LogP contribution >= 0.6 is 12.6 Å². The highest BCUT2D eigenvalue weighted by Gasteiger charge is 2.10. The lowest BCUT2D eigenvalue weighted by Gasteiger charge is -2.25. The van der Waals surface area contributed by atoms with E-state index in [0.717, 1.165) is 21.9 Å². The van der Waals surface area contributed by atoms with Gasteiger partial charge in [0.1, 0.15) is 0 Å². The molecular weight excluding hydrogens is 226 g/mol. The van der Waals surface area contributed by atoms with Gasteiger partial charge in [0.2, 0.25) is 0 Å². The molecule has 0 bridgehead atoms. The summed E-state index contributed by atoms with van der Waals surface area (Å²) in [5.74, 6) is 0. The minimum atomic E-state index is 0.967. The van der Waals surface area contributed by atoms with E-state index in [1.165, 1.54) is 0 Å². The number of rotatable bonds is 5. The molecule has 0 saturated heterocycles. The van der Waals surface area contributed by atoms with E-state index in [1.807, 2.05) is 46.0 Å². The smallest absolute Gasteiger partial charge is 0.0497 e. The van der Waals surface area contributed by atoms with Gasteiger partial charge < -0.3 is 4.90 Å². The Balaban J connectivity index is 5.52. The molecule has 0 aromatic carbocycles. The van der Waals surface area contributed by atoms with E-state index in [0.29, 0.717) is 0 Å². The van der Waals surface area contributed by atoms with Gasteiger partial charge in [-0.1, -0.05) is 30.9 Å². The number of nitrogens with zero attached hydrogens (tertiary/aromatic N) is 1. The molecule has 94 valence electrons. The quantitative estimate of drug-likeness (QED) is 0.546. The van der Waals surface area contributed by atoms with Crippen LogP contribution in [-0.4, -0.2) is 11.9 Å². The monoisotopic (exact) mass is 249 g/mol. The topological polar surface area (TPSA) is 3.24 Å². The Morgan fingerprint density at radius 3 is 2.12 bits per heavy atom. The highest BCUT2D eigenvalue weighted by atomic mass is 32.1. The Bertz CT molecular complexity index is 384. The van der Waals surface area contributed by atoms with Crippen molar-refractivity contribution < 1.29 is 0 Å². The molecule has 0 N–H and O–H groups in total. The molecule has 0 aromatic rings. The lowest BCUT2D eigenvalue weighted by Crippen LogP contribution is -2.17. The van der Waals surface area contributed by atoms with E-state index in [-0.39, 0.29) is 0 Å². The lowest BCUT2D eigenvalue weighted by atomic mass is 10.1. The van der Waals surface area contributed by atoms with Crippen molar-refractivity contribution in [2.24, 2.45) is 0 Å². The van der Waals surface area contributed by atoms with Crippen molar-refractivity contribution in [3.05, 3.63) is 58.8 Å². The molecule has 2 heteroatoms. The summed E-state index contributed by atoms with van der Waals surface area (Å²) >= 11 is 4.48. The van der Waals surface area contributed by atoms with Gasteiger partial charge in [0.05, 0.1) is 0 Å². The maximum absolute atomic E-state index is 4.48. The van der Waals surface area contributed by atoms with Crippen molar-refractivity contribution in [3.63, 3.8) is 0 Å². The van der Waals surface area contributed by atoms with Crippen molar-refractivity contribution >= 4 is 12.6 Å². The van der Waals surface area contributed by atoms with E-state index in [9.17, 15) is 0 Å².